The molecule has 0 bridgehead atoms. The number of halogens is 1. The average molecular weight is 300 g/mol. The van der Waals surface area contributed by atoms with Gasteiger partial charge in [-0.3, -0.25) is 0 Å². The highest BCUT2D eigenvalue weighted by atomic mass is 79.9. The van der Waals surface area contributed by atoms with E-state index in [0.29, 0.717) is 0 Å². The molecule has 16 heavy (non-hydrogen) atoms. The molecule has 2 heterocycles. The van der Waals surface area contributed by atoms with Gasteiger partial charge in [-0.1, -0.05) is 0 Å². The number of nitrogens with one attached hydrogen (secondary N) is 2. The van der Waals surface area contributed by atoms with Crippen molar-refractivity contribution in [2.24, 2.45) is 0 Å². The Morgan fingerprint density at radius 1 is 1.50 bits per heavy atom. The molecular formula is C11H14BrN3S. The molecule has 3 nitrogen and oxygen atoms in total. The Morgan fingerprint density at radius 2 is 2.25 bits per heavy atom. The summed E-state index contributed by atoms with van der Waals surface area (Å²) in [5, 5.41) is 5.30. The molecule has 86 valence electrons. The summed E-state index contributed by atoms with van der Waals surface area (Å²) in [6.45, 7) is 4.19. The molecule has 0 aromatic carbocycles. The van der Waals surface area contributed by atoms with Crippen molar-refractivity contribution < 1.29 is 0 Å². The van der Waals surface area contributed by atoms with Crippen LogP contribution in [0.2, 0.25) is 0 Å². The van der Waals surface area contributed by atoms with Crippen molar-refractivity contribution in [1.82, 2.24) is 15.3 Å². The molecule has 5 heteroatoms. The fraction of sp³-hybridized carbons (Fsp3) is 0.364. The lowest BCUT2D eigenvalue weighted by Crippen LogP contribution is -2.34. The fourth-order valence-electron chi connectivity index (χ4n) is 1.34. The van der Waals surface area contributed by atoms with E-state index in [4.69, 9.17) is 0 Å². The first kappa shape index (κ1) is 11.8. The SMILES string of the molecule is CNC(C)(C)c1ncc(-c2cc(Br)cs2)[nH]1. The van der Waals surface area contributed by atoms with Crippen LogP contribution in [0.4, 0.5) is 0 Å². The Hall–Kier alpha value is -0.650. The smallest absolute Gasteiger partial charge is 0.126 e. The van der Waals surface area contributed by atoms with Crippen LogP contribution in [0.1, 0.15) is 19.7 Å². The van der Waals surface area contributed by atoms with Gasteiger partial charge in [0, 0.05) is 9.85 Å². The molecule has 0 aliphatic rings. The van der Waals surface area contributed by atoms with Crippen LogP contribution < -0.4 is 5.32 Å². The van der Waals surface area contributed by atoms with E-state index in [9.17, 15) is 0 Å². The highest BCUT2D eigenvalue weighted by Crippen LogP contribution is 2.29. The van der Waals surface area contributed by atoms with Crippen LogP contribution in [0, 0.1) is 0 Å². The topological polar surface area (TPSA) is 40.7 Å². The molecule has 0 aliphatic heterocycles. The van der Waals surface area contributed by atoms with Gasteiger partial charge in [-0.25, -0.2) is 4.98 Å². The van der Waals surface area contributed by atoms with Gasteiger partial charge in [-0.2, -0.15) is 0 Å². The summed E-state index contributed by atoms with van der Waals surface area (Å²) in [5.74, 6) is 0.953. The molecule has 0 fully saturated rings. The molecule has 0 saturated heterocycles. The second kappa shape index (κ2) is 4.31. The van der Waals surface area contributed by atoms with Gasteiger partial charge >= 0.3 is 0 Å². The fourth-order valence-corrected chi connectivity index (χ4v) is 2.73. The standard InChI is InChI=1S/C11H14BrN3S/c1-11(2,13-3)10-14-5-8(15-10)9-4-7(12)6-16-9/h4-6,13H,1-3H3,(H,14,15). The van der Waals surface area contributed by atoms with E-state index in [0.717, 1.165) is 16.0 Å². The quantitative estimate of drug-likeness (QED) is 0.912. The number of rotatable bonds is 3. The van der Waals surface area contributed by atoms with Crippen molar-refractivity contribution in [3.05, 3.63) is 27.9 Å². The number of hydrogen-bond donors (Lipinski definition) is 2. The molecule has 0 unspecified atom stereocenters. The van der Waals surface area contributed by atoms with E-state index in [2.05, 4.69) is 56.5 Å². The van der Waals surface area contributed by atoms with Gasteiger partial charge < -0.3 is 10.3 Å². The van der Waals surface area contributed by atoms with Gasteiger partial charge in [0.2, 0.25) is 0 Å². The zero-order chi connectivity index (χ0) is 11.8. The van der Waals surface area contributed by atoms with Gasteiger partial charge in [0.1, 0.15) is 5.82 Å². The number of aromatic nitrogens is 2. The predicted molar refractivity (Wildman–Crippen MR) is 71.7 cm³/mol. The number of H-pyrrole nitrogens is 1. The first-order chi connectivity index (χ1) is 7.53. The van der Waals surface area contributed by atoms with Crippen molar-refractivity contribution in [3.8, 4) is 10.6 Å². The minimum absolute atomic E-state index is 0.132. The highest BCUT2D eigenvalue weighted by molar-refractivity contribution is 9.10. The number of hydrogen-bond acceptors (Lipinski definition) is 3. The molecule has 2 rings (SSSR count). The van der Waals surface area contributed by atoms with Crippen molar-refractivity contribution in [2.75, 3.05) is 7.05 Å². The third kappa shape index (κ3) is 2.21. The zero-order valence-electron chi connectivity index (χ0n) is 9.47. The van der Waals surface area contributed by atoms with Gasteiger partial charge in [0.25, 0.3) is 0 Å². The first-order valence-electron chi connectivity index (χ1n) is 5.02. The minimum atomic E-state index is -0.132. The first-order valence-corrected chi connectivity index (χ1v) is 6.69. The van der Waals surface area contributed by atoms with Gasteiger partial charge in [0.05, 0.1) is 22.3 Å². The lowest BCUT2D eigenvalue weighted by atomic mass is 10.1. The molecule has 2 N–H and O–H groups in total. The molecule has 0 atom stereocenters. The van der Waals surface area contributed by atoms with E-state index in [1.54, 1.807) is 11.3 Å². The predicted octanol–water partition coefficient (Wildman–Crippen LogP) is 3.36. The lowest BCUT2D eigenvalue weighted by Gasteiger charge is -2.20. The summed E-state index contributed by atoms with van der Waals surface area (Å²) in [6, 6.07) is 2.09. The number of imidazole rings is 1. The van der Waals surface area contributed by atoms with E-state index in [-0.39, 0.29) is 5.54 Å². The second-order valence-electron chi connectivity index (χ2n) is 4.15. The van der Waals surface area contributed by atoms with Crippen molar-refractivity contribution in [3.63, 3.8) is 0 Å². The van der Waals surface area contributed by atoms with Crippen LogP contribution in [0.5, 0.6) is 0 Å². The van der Waals surface area contributed by atoms with E-state index in [1.807, 2.05) is 13.2 Å². The van der Waals surface area contributed by atoms with Gasteiger partial charge in [0.15, 0.2) is 0 Å². The third-order valence-electron chi connectivity index (χ3n) is 2.63. The Labute approximate surface area is 107 Å². The average Bonchev–Trinajstić information content (AvgIpc) is 2.85. The second-order valence-corrected chi connectivity index (χ2v) is 5.98. The lowest BCUT2D eigenvalue weighted by molar-refractivity contribution is 0.421. The molecule has 0 radical (unpaired) electrons. The summed E-state index contributed by atoms with van der Waals surface area (Å²) in [4.78, 5) is 8.96. The van der Waals surface area contributed by atoms with Crippen LogP contribution in [-0.4, -0.2) is 17.0 Å². The summed E-state index contributed by atoms with van der Waals surface area (Å²) < 4.78 is 1.11. The van der Waals surface area contributed by atoms with E-state index >= 15 is 0 Å². The van der Waals surface area contributed by atoms with Gasteiger partial charge in [-0.15, -0.1) is 11.3 Å². The number of aromatic amines is 1. The van der Waals surface area contributed by atoms with Crippen molar-refractivity contribution in [2.45, 2.75) is 19.4 Å². The molecule has 2 aromatic rings. The van der Waals surface area contributed by atoms with Gasteiger partial charge in [-0.05, 0) is 42.9 Å². The molecule has 2 aromatic heterocycles. The Bertz CT molecular complexity index is 487. The maximum Gasteiger partial charge on any atom is 0.126 e. The largest absolute Gasteiger partial charge is 0.340 e. The normalized spacial score (nSPS) is 12.0. The molecule has 0 saturated carbocycles. The van der Waals surface area contributed by atoms with E-state index < -0.39 is 0 Å². The van der Waals surface area contributed by atoms with Crippen LogP contribution in [-0.2, 0) is 5.54 Å². The molecule has 0 aliphatic carbocycles. The van der Waals surface area contributed by atoms with Crippen LogP contribution in [0.3, 0.4) is 0 Å². The Balaban J connectivity index is 2.33. The zero-order valence-corrected chi connectivity index (χ0v) is 11.9. The van der Waals surface area contributed by atoms with Crippen molar-refractivity contribution >= 4 is 27.3 Å². The van der Waals surface area contributed by atoms with Crippen LogP contribution >= 0.6 is 27.3 Å². The number of thiophene rings is 1. The monoisotopic (exact) mass is 299 g/mol. The summed E-state index contributed by atoms with van der Waals surface area (Å²) in [6.07, 6.45) is 1.88. The summed E-state index contributed by atoms with van der Waals surface area (Å²) in [7, 11) is 1.93. The molecule has 0 spiro atoms. The summed E-state index contributed by atoms with van der Waals surface area (Å²) >= 11 is 5.15. The van der Waals surface area contributed by atoms with E-state index in [1.165, 1.54) is 4.88 Å². The third-order valence-corrected chi connectivity index (χ3v) is 4.35. The van der Waals surface area contributed by atoms with Crippen molar-refractivity contribution in [1.29, 1.82) is 0 Å². The van der Waals surface area contributed by atoms with Crippen LogP contribution in [0.15, 0.2) is 22.1 Å². The maximum atomic E-state index is 4.42. The Kier molecular flexibility index (Phi) is 3.19. The maximum absolute atomic E-state index is 4.42. The molecule has 0 amide bonds. The Morgan fingerprint density at radius 3 is 2.81 bits per heavy atom. The molecular weight excluding hydrogens is 286 g/mol. The minimum Gasteiger partial charge on any atom is -0.340 e. The highest BCUT2D eigenvalue weighted by Gasteiger charge is 2.21. The summed E-state index contributed by atoms with van der Waals surface area (Å²) in [5.41, 5.74) is 0.932. The number of nitrogens with zero attached hydrogens (tertiary/aromatic N) is 1. The van der Waals surface area contributed by atoms with Crippen LogP contribution in [0.25, 0.3) is 10.6 Å².